The van der Waals surface area contributed by atoms with Crippen LogP contribution in [0.5, 0.6) is 5.75 Å². The molecular weight excluding hydrogens is 240 g/mol. The van der Waals surface area contributed by atoms with E-state index >= 15 is 0 Å². The van der Waals surface area contributed by atoms with Crippen LogP contribution in [-0.2, 0) is 0 Å². The Bertz CT molecular complexity index is 524. The Hall–Kier alpha value is -2.49. The number of amides is 1. The van der Waals surface area contributed by atoms with Crippen molar-refractivity contribution in [3.8, 4) is 5.75 Å². The third-order valence-corrected chi connectivity index (χ3v) is 2.57. The first-order valence-corrected chi connectivity index (χ1v) is 6.07. The summed E-state index contributed by atoms with van der Waals surface area (Å²) in [6, 6.07) is 16.2. The van der Waals surface area contributed by atoms with Gasteiger partial charge in [-0.1, -0.05) is 18.2 Å². The van der Waals surface area contributed by atoms with Gasteiger partial charge in [-0.05, 0) is 36.4 Å². The van der Waals surface area contributed by atoms with E-state index in [1.165, 1.54) is 0 Å². The zero-order valence-corrected chi connectivity index (χ0v) is 10.5. The topological polar surface area (TPSA) is 64.3 Å². The molecule has 0 aliphatic rings. The molecule has 0 saturated heterocycles. The monoisotopic (exact) mass is 256 g/mol. The Balaban J connectivity index is 1.72. The number of anilines is 1. The van der Waals surface area contributed by atoms with E-state index in [4.69, 9.17) is 10.5 Å². The first-order chi connectivity index (χ1) is 9.25. The van der Waals surface area contributed by atoms with E-state index in [-0.39, 0.29) is 5.91 Å². The molecule has 2 rings (SSSR count). The minimum absolute atomic E-state index is 0.0958. The van der Waals surface area contributed by atoms with Crippen LogP contribution in [0.15, 0.2) is 54.6 Å². The van der Waals surface area contributed by atoms with Crippen LogP contribution >= 0.6 is 0 Å². The highest BCUT2D eigenvalue weighted by Crippen LogP contribution is 2.12. The lowest BCUT2D eigenvalue weighted by molar-refractivity contribution is 0.0947. The lowest BCUT2D eigenvalue weighted by Crippen LogP contribution is -2.27. The fraction of sp³-hybridized carbons (Fsp3) is 0.133. The van der Waals surface area contributed by atoms with Crippen LogP contribution in [0.1, 0.15) is 10.4 Å². The summed E-state index contributed by atoms with van der Waals surface area (Å²) in [5.41, 5.74) is 6.92. The van der Waals surface area contributed by atoms with Gasteiger partial charge in [-0.15, -0.1) is 0 Å². The fourth-order valence-electron chi connectivity index (χ4n) is 1.59. The van der Waals surface area contributed by atoms with Crippen molar-refractivity contribution in [1.82, 2.24) is 5.32 Å². The summed E-state index contributed by atoms with van der Waals surface area (Å²) < 4.78 is 5.48. The number of nitrogens with two attached hydrogens (primary N) is 1. The van der Waals surface area contributed by atoms with Crippen molar-refractivity contribution in [2.24, 2.45) is 0 Å². The van der Waals surface area contributed by atoms with E-state index in [1.54, 1.807) is 36.4 Å². The van der Waals surface area contributed by atoms with E-state index in [2.05, 4.69) is 5.32 Å². The number of carbonyl (C=O) groups is 1. The van der Waals surface area contributed by atoms with Gasteiger partial charge < -0.3 is 15.8 Å². The number of hydrogen-bond acceptors (Lipinski definition) is 3. The first kappa shape index (κ1) is 13.0. The molecular formula is C15H16N2O2. The Labute approximate surface area is 112 Å². The number of hydrogen-bond donors (Lipinski definition) is 2. The number of nitrogen functional groups attached to an aromatic ring is 1. The minimum atomic E-state index is -0.0958. The summed E-state index contributed by atoms with van der Waals surface area (Å²) >= 11 is 0. The van der Waals surface area contributed by atoms with Crippen LogP contribution < -0.4 is 15.8 Å². The zero-order valence-electron chi connectivity index (χ0n) is 10.5. The molecule has 0 aliphatic carbocycles. The summed E-state index contributed by atoms with van der Waals surface area (Å²) in [5, 5.41) is 2.79. The van der Waals surface area contributed by atoms with Crippen LogP contribution in [0.25, 0.3) is 0 Å². The highest BCUT2D eigenvalue weighted by molar-refractivity contribution is 5.94. The Morgan fingerprint density at radius 1 is 1.05 bits per heavy atom. The van der Waals surface area contributed by atoms with Gasteiger partial charge in [-0.25, -0.2) is 0 Å². The van der Waals surface area contributed by atoms with Crippen molar-refractivity contribution in [1.29, 1.82) is 0 Å². The molecule has 2 aromatic rings. The molecule has 1 amide bonds. The highest BCUT2D eigenvalue weighted by atomic mass is 16.5. The van der Waals surface area contributed by atoms with E-state index in [9.17, 15) is 4.79 Å². The number of carbonyl (C=O) groups excluding carboxylic acids is 1. The summed E-state index contributed by atoms with van der Waals surface area (Å²) in [7, 11) is 0. The normalized spacial score (nSPS) is 9.89. The second kappa shape index (κ2) is 6.44. The maximum absolute atomic E-state index is 11.7. The van der Waals surface area contributed by atoms with E-state index in [1.807, 2.05) is 18.2 Å². The lowest BCUT2D eigenvalue weighted by Gasteiger charge is -2.08. The Morgan fingerprint density at radius 3 is 2.42 bits per heavy atom. The SMILES string of the molecule is Nc1ccc(OCCNC(=O)c2ccccc2)cc1. The second-order valence-electron chi connectivity index (χ2n) is 4.04. The number of benzene rings is 2. The summed E-state index contributed by atoms with van der Waals surface area (Å²) in [6.45, 7) is 0.876. The van der Waals surface area contributed by atoms with Gasteiger partial charge in [0, 0.05) is 11.3 Å². The molecule has 0 bridgehead atoms. The molecule has 0 heterocycles. The van der Waals surface area contributed by atoms with Gasteiger partial charge in [0.15, 0.2) is 0 Å². The molecule has 4 heteroatoms. The molecule has 0 saturated carbocycles. The van der Waals surface area contributed by atoms with Crippen molar-refractivity contribution >= 4 is 11.6 Å². The maximum Gasteiger partial charge on any atom is 0.251 e. The highest BCUT2D eigenvalue weighted by Gasteiger charge is 2.02. The Kier molecular flexibility index (Phi) is 4.39. The molecule has 0 spiro atoms. The Morgan fingerprint density at radius 2 is 1.74 bits per heavy atom. The molecule has 0 radical (unpaired) electrons. The van der Waals surface area contributed by atoms with Gasteiger partial charge in [0.05, 0.1) is 6.54 Å². The zero-order chi connectivity index (χ0) is 13.5. The minimum Gasteiger partial charge on any atom is -0.492 e. The van der Waals surface area contributed by atoms with Crippen molar-refractivity contribution in [3.05, 3.63) is 60.2 Å². The number of nitrogens with one attached hydrogen (secondary N) is 1. The second-order valence-corrected chi connectivity index (χ2v) is 4.04. The van der Waals surface area contributed by atoms with Crippen molar-refractivity contribution < 1.29 is 9.53 Å². The molecule has 2 aromatic carbocycles. The third-order valence-electron chi connectivity index (χ3n) is 2.57. The molecule has 98 valence electrons. The molecule has 0 aliphatic heterocycles. The van der Waals surface area contributed by atoms with Gasteiger partial charge in [0.25, 0.3) is 5.91 Å². The van der Waals surface area contributed by atoms with Crippen molar-refractivity contribution in [3.63, 3.8) is 0 Å². The molecule has 19 heavy (non-hydrogen) atoms. The van der Waals surface area contributed by atoms with Crippen molar-refractivity contribution in [2.75, 3.05) is 18.9 Å². The van der Waals surface area contributed by atoms with Gasteiger partial charge in [-0.3, -0.25) is 4.79 Å². The van der Waals surface area contributed by atoms with Crippen LogP contribution in [0, 0.1) is 0 Å². The van der Waals surface area contributed by atoms with Crippen LogP contribution in [0.4, 0.5) is 5.69 Å². The van der Waals surface area contributed by atoms with E-state index in [0.29, 0.717) is 24.4 Å². The summed E-state index contributed by atoms with van der Waals surface area (Å²) in [6.07, 6.45) is 0. The number of rotatable bonds is 5. The predicted octanol–water partition coefficient (Wildman–Crippen LogP) is 2.08. The van der Waals surface area contributed by atoms with Crippen LogP contribution in [0.2, 0.25) is 0 Å². The van der Waals surface area contributed by atoms with Gasteiger partial charge in [0.1, 0.15) is 12.4 Å². The van der Waals surface area contributed by atoms with Gasteiger partial charge in [-0.2, -0.15) is 0 Å². The standard InChI is InChI=1S/C15H16N2O2/c16-13-6-8-14(9-7-13)19-11-10-17-15(18)12-4-2-1-3-5-12/h1-9H,10-11,16H2,(H,17,18). The van der Waals surface area contributed by atoms with Crippen LogP contribution in [-0.4, -0.2) is 19.1 Å². The van der Waals surface area contributed by atoms with Gasteiger partial charge in [0.2, 0.25) is 0 Å². The number of ether oxygens (including phenoxy) is 1. The molecule has 4 nitrogen and oxygen atoms in total. The maximum atomic E-state index is 11.7. The predicted molar refractivity (Wildman–Crippen MR) is 75.1 cm³/mol. The molecule has 0 unspecified atom stereocenters. The third kappa shape index (κ3) is 4.03. The largest absolute Gasteiger partial charge is 0.492 e. The first-order valence-electron chi connectivity index (χ1n) is 6.07. The molecule has 0 atom stereocenters. The van der Waals surface area contributed by atoms with Gasteiger partial charge >= 0.3 is 0 Å². The van der Waals surface area contributed by atoms with E-state index in [0.717, 1.165) is 5.75 Å². The molecule has 0 fully saturated rings. The van der Waals surface area contributed by atoms with Crippen LogP contribution in [0.3, 0.4) is 0 Å². The van der Waals surface area contributed by atoms with Crippen molar-refractivity contribution in [2.45, 2.75) is 0 Å². The summed E-state index contributed by atoms with van der Waals surface area (Å²) in [5.74, 6) is 0.643. The quantitative estimate of drug-likeness (QED) is 0.636. The molecule has 0 aromatic heterocycles. The fourth-order valence-corrected chi connectivity index (χ4v) is 1.59. The average molecular weight is 256 g/mol. The smallest absolute Gasteiger partial charge is 0.251 e. The molecule has 3 N–H and O–H groups in total. The summed E-state index contributed by atoms with van der Waals surface area (Å²) in [4.78, 5) is 11.7. The van der Waals surface area contributed by atoms with E-state index < -0.39 is 0 Å². The lowest BCUT2D eigenvalue weighted by atomic mass is 10.2. The average Bonchev–Trinajstić information content (AvgIpc) is 2.46.